The van der Waals surface area contributed by atoms with Crippen molar-refractivity contribution in [1.82, 2.24) is 10.2 Å². The molecule has 1 rings (SSSR count). The summed E-state index contributed by atoms with van der Waals surface area (Å²) in [6.45, 7) is 7.66. The van der Waals surface area contributed by atoms with Gasteiger partial charge in [-0.2, -0.15) is 0 Å². The monoisotopic (exact) mass is 383 g/mol. The molecule has 1 aliphatic heterocycles. The van der Waals surface area contributed by atoms with Crippen LogP contribution in [0, 0.1) is 5.92 Å². The molecule has 19 heavy (non-hydrogen) atoms. The van der Waals surface area contributed by atoms with E-state index in [-0.39, 0.29) is 35.9 Å². The predicted octanol–water partition coefficient (Wildman–Crippen LogP) is 1.86. The number of halogens is 1. The molecule has 1 heterocycles. The fourth-order valence-corrected chi connectivity index (χ4v) is 2.14. The summed E-state index contributed by atoms with van der Waals surface area (Å²) in [5.74, 6) is 0.952. The summed E-state index contributed by atoms with van der Waals surface area (Å²) in [4.78, 5) is 18.3. The van der Waals surface area contributed by atoms with Crippen LogP contribution in [0.15, 0.2) is 4.99 Å². The third-order valence-corrected chi connectivity index (χ3v) is 3.15. The lowest BCUT2D eigenvalue weighted by Crippen LogP contribution is -2.46. The van der Waals surface area contributed by atoms with Crippen molar-refractivity contribution in [2.75, 3.05) is 33.3 Å². The van der Waals surface area contributed by atoms with Crippen molar-refractivity contribution in [3.63, 3.8) is 0 Å². The van der Waals surface area contributed by atoms with Gasteiger partial charge in [0.15, 0.2) is 5.96 Å². The molecular weight excluding hydrogens is 357 g/mol. The fraction of sp³-hybridized carbons (Fsp3) is 0.846. The van der Waals surface area contributed by atoms with Crippen LogP contribution in [0.3, 0.4) is 0 Å². The van der Waals surface area contributed by atoms with Crippen molar-refractivity contribution >= 4 is 35.9 Å². The number of hydrogen-bond acceptors (Lipinski definition) is 3. The molecule has 0 unspecified atom stereocenters. The summed E-state index contributed by atoms with van der Waals surface area (Å²) in [5.41, 5.74) is 0. The van der Waals surface area contributed by atoms with Gasteiger partial charge in [-0.1, -0.05) is 6.92 Å². The Morgan fingerprint density at radius 2 is 2.00 bits per heavy atom. The van der Waals surface area contributed by atoms with E-state index in [1.54, 1.807) is 0 Å². The molecule has 0 spiro atoms. The zero-order chi connectivity index (χ0) is 13.4. The first-order chi connectivity index (χ1) is 8.72. The van der Waals surface area contributed by atoms with Crippen molar-refractivity contribution < 1.29 is 9.53 Å². The van der Waals surface area contributed by atoms with Gasteiger partial charge in [-0.3, -0.25) is 9.79 Å². The lowest BCUT2D eigenvalue weighted by Gasteiger charge is -2.33. The maximum Gasteiger partial charge on any atom is 0.308 e. The topological polar surface area (TPSA) is 53.9 Å². The number of hydrogen-bond donors (Lipinski definition) is 1. The number of piperidine rings is 1. The predicted molar refractivity (Wildman–Crippen MR) is 88.0 cm³/mol. The smallest absolute Gasteiger partial charge is 0.308 e. The number of likely N-dealkylation sites (tertiary alicyclic amines) is 1. The Morgan fingerprint density at radius 3 is 2.47 bits per heavy atom. The minimum absolute atomic E-state index is 0. The van der Waals surface area contributed by atoms with E-state index in [0.717, 1.165) is 51.4 Å². The number of carbonyl (C=O) groups is 1. The van der Waals surface area contributed by atoms with E-state index >= 15 is 0 Å². The number of carbonyl (C=O) groups excluding carboxylic acids is 1. The van der Waals surface area contributed by atoms with Crippen LogP contribution in [-0.4, -0.2) is 50.1 Å². The van der Waals surface area contributed by atoms with Crippen LogP contribution in [0.5, 0.6) is 0 Å². The van der Waals surface area contributed by atoms with Crippen LogP contribution in [0.25, 0.3) is 0 Å². The molecule has 1 saturated heterocycles. The van der Waals surface area contributed by atoms with Gasteiger partial charge in [0.05, 0.1) is 13.0 Å². The standard InChI is InChI=1S/C13H25N3O2.HI/c1-4-8-15-13(14-5-2)16-9-6-11(7-10-16)12(17)18-3;/h11H,4-10H2,1-3H3,(H,14,15);1H. The average molecular weight is 383 g/mol. The van der Waals surface area contributed by atoms with Crippen molar-refractivity contribution in [3.8, 4) is 0 Å². The summed E-state index contributed by atoms with van der Waals surface area (Å²) in [6.07, 6.45) is 2.75. The second-order valence-electron chi connectivity index (χ2n) is 4.52. The minimum Gasteiger partial charge on any atom is -0.469 e. The van der Waals surface area contributed by atoms with Gasteiger partial charge in [0.25, 0.3) is 0 Å². The quantitative estimate of drug-likeness (QED) is 0.349. The Labute approximate surface area is 133 Å². The Bertz CT molecular complexity index is 290. The van der Waals surface area contributed by atoms with Crippen molar-refractivity contribution in [3.05, 3.63) is 0 Å². The summed E-state index contributed by atoms with van der Waals surface area (Å²) in [5, 5.41) is 3.30. The molecule has 5 nitrogen and oxygen atoms in total. The van der Waals surface area contributed by atoms with Crippen LogP contribution in [0.2, 0.25) is 0 Å². The first kappa shape index (κ1) is 18.5. The van der Waals surface area contributed by atoms with Crippen LogP contribution >= 0.6 is 24.0 Å². The maximum absolute atomic E-state index is 11.5. The number of nitrogens with zero attached hydrogens (tertiary/aromatic N) is 2. The molecule has 0 radical (unpaired) electrons. The molecule has 0 amide bonds. The fourth-order valence-electron chi connectivity index (χ4n) is 2.14. The summed E-state index contributed by atoms with van der Waals surface area (Å²) >= 11 is 0. The van der Waals surface area contributed by atoms with Gasteiger partial charge in [-0.05, 0) is 26.2 Å². The number of ether oxygens (including phenoxy) is 1. The van der Waals surface area contributed by atoms with Crippen LogP contribution in [0.1, 0.15) is 33.1 Å². The molecule has 112 valence electrons. The summed E-state index contributed by atoms with van der Waals surface area (Å²) in [7, 11) is 1.46. The second-order valence-corrected chi connectivity index (χ2v) is 4.52. The van der Waals surface area contributed by atoms with Gasteiger partial charge in [0, 0.05) is 26.2 Å². The molecule has 0 aromatic rings. The number of esters is 1. The van der Waals surface area contributed by atoms with E-state index in [0.29, 0.717) is 0 Å². The van der Waals surface area contributed by atoms with Gasteiger partial charge in [0.1, 0.15) is 0 Å². The van der Waals surface area contributed by atoms with E-state index in [9.17, 15) is 4.79 Å². The molecular formula is C13H26IN3O2. The molecule has 0 aliphatic carbocycles. The van der Waals surface area contributed by atoms with Gasteiger partial charge in [0.2, 0.25) is 0 Å². The van der Waals surface area contributed by atoms with E-state index in [1.807, 2.05) is 0 Å². The molecule has 1 N–H and O–H groups in total. The Morgan fingerprint density at radius 1 is 1.37 bits per heavy atom. The number of rotatable bonds is 4. The van der Waals surface area contributed by atoms with Gasteiger partial charge in [-0.25, -0.2) is 0 Å². The highest BCUT2D eigenvalue weighted by molar-refractivity contribution is 14.0. The van der Waals surface area contributed by atoms with E-state index in [4.69, 9.17) is 4.74 Å². The molecule has 0 aromatic carbocycles. The van der Waals surface area contributed by atoms with Crippen molar-refractivity contribution in [2.45, 2.75) is 33.1 Å². The van der Waals surface area contributed by atoms with E-state index in [1.165, 1.54) is 7.11 Å². The minimum atomic E-state index is -0.0786. The number of guanidine groups is 1. The van der Waals surface area contributed by atoms with Crippen LogP contribution in [-0.2, 0) is 9.53 Å². The normalized spacial score (nSPS) is 16.8. The number of nitrogens with one attached hydrogen (secondary N) is 1. The van der Waals surface area contributed by atoms with Crippen LogP contribution in [0.4, 0.5) is 0 Å². The number of aliphatic imine (C=N–C) groups is 1. The van der Waals surface area contributed by atoms with Gasteiger partial charge in [-0.15, -0.1) is 24.0 Å². The first-order valence-corrected chi connectivity index (χ1v) is 6.84. The Balaban J connectivity index is 0.00000324. The maximum atomic E-state index is 11.5. The molecule has 1 aliphatic rings. The zero-order valence-electron chi connectivity index (χ0n) is 12.1. The largest absolute Gasteiger partial charge is 0.469 e. The van der Waals surface area contributed by atoms with Crippen molar-refractivity contribution in [1.29, 1.82) is 0 Å². The SMILES string of the molecule is CCCN=C(NCC)N1CCC(C(=O)OC)CC1.I. The molecule has 1 fully saturated rings. The molecule has 0 aromatic heterocycles. The highest BCUT2D eigenvalue weighted by Gasteiger charge is 2.26. The second kappa shape index (κ2) is 10.3. The molecule has 0 bridgehead atoms. The Hall–Kier alpha value is -0.530. The zero-order valence-corrected chi connectivity index (χ0v) is 14.5. The highest BCUT2D eigenvalue weighted by atomic mass is 127. The molecule has 0 saturated carbocycles. The van der Waals surface area contributed by atoms with E-state index < -0.39 is 0 Å². The van der Waals surface area contributed by atoms with Crippen LogP contribution < -0.4 is 5.32 Å². The van der Waals surface area contributed by atoms with Gasteiger partial charge >= 0.3 is 5.97 Å². The summed E-state index contributed by atoms with van der Waals surface area (Å²) < 4.78 is 4.79. The summed E-state index contributed by atoms with van der Waals surface area (Å²) in [6, 6.07) is 0. The third kappa shape index (κ3) is 5.97. The highest BCUT2D eigenvalue weighted by Crippen LogP contribution is 2.18. The first-order valence-electron chi connectivity index (χ1n) is 6.84. The average Bonchev–Trinajstić information content (AvgIpc) is 2.43. The van der Waals surface area contributed by atoms with Gasteiger partial charge < -0.3 is 15.0 Å². The van der Waals surface area contributed by atoms with Crippen molar-refractivity contribution in [2.24, 2.45) is 10.9 Å². The molecule has 0 atom stereocenters. The Kier molecular flexibility index (Phi) is 9.99. The number of methoxy groups -OCH3 is 1. The molecule has 6 heteroatoms. The lowest BCUT2D eigenvalue weighted by molar-refractivity contribution is -0.146. The lowest BCUT2D eigenvalue weighted by atomic mass is 9.97. The third-order valence-electron chi connectivity index (χ3n) is 3.15. The van der Waals surface area contributed by atoms with E-state index in [2.05, 4.69) is 29.1 Å².